The second-order valence-electron chi connectivity index (χ2n) is 5.48. The van der Waals surface area contributed by atoms with E-state index in [2.05, 4.69) is 10.3 Å². The molecule has 8 heteroatoms. The third kappa shape index (κ3) is 5.22. The number of hydrogen-bond acceptors (Lipinski definition) is 5. The quantitative estimate of drug-likeness (QED) is 0.735. The van der Waals surface area contributed by atoms with Gasteiger partial charge in [-0.05, 0) is 38.0 Å². The number of H-pyrrole nitrogens is 1. The summed E-state index contributed by atoms with van der Waals surface area (Å²) in [7, 11) is 0. The fourth-order valence-electron chi connectivity index (χ4n) is 2.24. The summed E-state index contributed by atoms with van der Waals surface area (Å²) in [6, 6.07) is 6.63. The Kier molecular flexibility index (Phi) is 6.41. The Balaban J connectivity index is 2.08. The van der Waals surface area contributed by atoms with Gasteiger partial charge < -0.3 is 10.1 Å². The first kappa shape index (κ1) is 18.8. The molecule has 1 heterocycles. The van der Waals surface area contributed by atoms with Crippen LogP contribution in [0.25, 0.3) is 0 Å². The van der Waals surface area contributed by atoms with Gasteiger partial charge in [0.15, 0.2) is 0 Å². The molecule has 2 N–H and O–H groups in total. The summed E-state index contributed by atoms with van der Waals surface area (Å²) in [6.45, 7) is 4.05. The molecule has 2 rings (SSSR count). The average Bonchev–Trinajstić information content (AvgIpc) is 2.54. The minimum Gasteiger partial charge on any atom is -0.466 e. The first-order valence-electron chi connectivity index (χ1n) is 7.93. The zero-order valence-corrected chi connectivity index (χ0v) is 14.9. The lowest BCUT2D eigenvalue weighted by atomic mass is 10.2. The van der Waals surface area contributed by atoms with E-state index in [9.17, 15) is 14.4 Å². The van der Waals surface area contributed by atoms with Gasteiger partial charge in [-0.1, -0.05) is 17.7 Å². The van der Waals surface area contributed by atoms with Crippen LogP contribution >= 0.6 is 11.6 Å². The number of aromatic amines is 1. The Hall–Kier alpha value is -2.54. The molecule has 0 saturated heterocycles. The predicted octanol–water partition coefficient (Wildman–Crippen LogP) is 2.59. The third-order valence-corrected chi connectivity index (χ3v) is 3.95. The second-order valence-corrected chi connectivity index (χ2v) is 5.88. The van der Waals surface area contributed by atoms with Crippen LogP contribution in [-0.4, -0.2) is 22.1 Å². The summed E-state index contributed by atoms with van der Waals surface area (Å²) in [4.78, 5) is 38.1. The van der Waals surface area contributed by atoms with Crippen LogP contribution in [0.5, 0.6) is 0 Å². The van der Waals surface area contributed by atoms with Crippen molar-refractivity contribution in [1.82, 2.24) is 9.55 Å². The van der Waals surface area contributed by atoms with Crippen LogP contribution in [0.15, 0.2) is 33.9 Å². The zero-order valence-electron chi connectivity index (χ0n) is 14.1. The summed E-state index contributed by atoms with van der Waals surface area (Å²) in [6.07, 6.45) is 0.504. The number of halogens is 1. The Morgan fingerprint density at radius 3 is 2.72 bits per heavy atom. The molecule has 0 atom stereocenters. The first-order valence-corrected chi connectivity index (χ1v) is 8.31. The Labute approximate surface area is 149 Å². The highest BCUT2D eigenvalue weighted by atomic mass is 35.5. The van der Waals surface area contributed by atoms with Gasteiger partial charge in [0.05, 0.1) is 6.61 Å². The standard InChI is InChI=1S/C17H20ClN3O4/c1-3-25-16(23)5-4-8-21-15(22)10-14(20-17(21)24)19-12-7-6-11(2)13(18)9-12/h6-7,9-10,19H,3-5,8H2,1-2H3,(H,20,24). The molecule has 1 aromatic carbocycles. The van der Waals surface area contributed by atoms with E-state index in [0.29, 0.717) is 23.7 Å². The monoisotopic (exact) mass is 365 g/mol. The maximum Gasteiger partial charge on any atom is 0.329 e. The number of nitrogens with one attached hydrogen (secondary N) is 2. The molecule has 0 fully saturated rings. The number of aromatic nitrogens is 2. The van der Waals surface area contributed by atoms with E-state index in [4.69, 9.17) is 16.3 Å². The van der Waals surface area contributed by atoms with Gasteiger partial charge in [0.25, 0.3) is 5.56 Å². The number of rotatable bonds is 7. The van der Waals surface area contributed by atoms with Crippen molar-refractivity contribution in [2.45, 2.75) is 33.2 Å². The zero-order chi connectivity index (χ0) is 18.4. The van der Waals surface area contributed by atoms with E-state index >= 15 is 0 Å². The molecule has 0 aliphatic heterocycles. The maximum atomic E-state index is 12.1. The third-order valence-electron chi connectivity index (χ3n) is 3.54. The minimum absolute atomic E-state index is 0.142. The highest BCUT2D eigenvalue weighted by Crippen LogP contribution is 2.21. The van der Waals surface area contributed by atoms with Crippen LogP contribution in [0, 0.1) is 6.92 Å². The summed E-state index contributed by atoms with van der Waals surface area (Å²) < 4.78 is 5.86. The van der Waals surface area contributed by atoms with E-state index in [1.807, 2.05) is 13.0 Å². The molecule has 0 amide bonds. The van der Waals surface area contributed by atoms with E-state index in [1.165, 1.54) is 6.07 Å². The largest absolute Gasteiger partial charge is 0.466 e. The molecule has 0 radical (unpaired) electrons. The van der Waals surface area contributed by atoms with Crippen LogP contribution in [0.1, 0.15) is 25.3 Å². The molecule has 2 aromatic rings. The lowest BCUT2D eigenvalue weighted by Gasteiger charge is -2.09. The van der Waals surface area contributed by atoms with Crippen molar-refractivity contribution >= 4 is 29.1 Å². The fraction of sp³-hybridized carbons (Fsp3) is 0.353. The lowest BCUT2D eigenvalue weighted by molar-refractivity contribution is -0.143. The number of carbonyl (C=O) groups excluding carboxylic acids is 1. The highest BCUT2D eigenvalue weighted by molar-refractivity contribution is 6.31. The van der Waals surface area contributed by atoms with Crippen molar-refractivity contribution in [3.63, 3.8) is 0 Å². The van der Waals surface area contributed by atoms with Gasteiger partial charge in [-0.15, -0.1) is 0 Å². The van der Waals surface area contributed by atoms with Gasteiger partial charge in [0, 0.05) is 29.7 Å². The van der Waals surface area contributed by atoms with E-state index in [0.717, 1.165) is 10.1 Å². The van der Waals surface area contributed by atoms with Gasteiger partial charge in [-0.2, -0.15) is 0 Å². The molecule has 7 nitrogen and oxygen atoms in total. The summed E-state index contributed by atoms with van der Waals surface area (Å²) >= 11 is 6.06. The SMILES string of the molecule is CCOC(=O)CCCn1c(=O)cc(Nc2ccc(C)c(Cl)c2)[nH]c1=O. The number of hydrogen-bond donors (Lipinski definition) is 2. The first-order chi connectivity index (χ1) is 11.9. The molecule has 0 aliphatic carbocycles. The number of benzene rings is 1. The van der Waals surface area contributed by atoms with E-state index in [1.54, 1.807) is 19.1 Å². The molecule has 25 heavy (non-hydrogen) atoms. The van der Waals surface area contributed by atoms with Crippen LogP contribution in [0.3, 0.4) is 0 Å². The second kappa shape index (κ2) is 8.53. The number of ether oxygens (including phenoxy) is 1. The molecule has 0 unspecified atom stereocenters. The normalized spacial score (nSPS) is 10.5. The van der Waals surface area contributed by atoms with Crippen LogP contribution in [0.2, 0.25) is 5.02 Å². The highest BCUT2D eigenvalue weighted by Gasteiger charge is 2.07. The molecule has 0 aliphatic rings. The summed E-state index contributed by atoms with van der Waals surface area (Å²) in [5.41, 5.74) is 0.592. The lowest BCUT2D eigenvalue weighted by Crippen LogP contribution is -2.35. The molecular weight excluding hydrogens is 346 g/mol. The maximum absolute atomic E-state index is 12.1. The molecule has 134 valence electrons. The van der Waals surface area contributed by atoms with Gasteiger partial charge in [0.2, 0.25) is 0 Å². The summed E-state index contributed by atoms with van der Waals surface area (Å²) in [5, 5.41) is 3.53. The number of carbonyl (C=O) groups is 1. The van der Waals surface area contributed by atoms with Crippen molar-refractivity contribution in [3.8, 4) is 0 Å². The van der Waals surface area contributed by atoms with Gasteiger partial charge in [0.1, 0.15) is 5.82 Å². The minimum atomic E-state index is -0.544. The number of nitrogens with zero attached hydrogens (tertiary/aromatic N) is 1. The van der Waals surface area contributed by atoms with Crippen molar-refractivity contribution in [2.24, 2.45) is 0 Å². The van der Waals surface area contributed by atoms with E-state index in [-0.39, 0.29) is 24.8 Å². The smallest absolute Gasteiger partial charge is 0.329 e. The van der Waals surface area contributed by atoms with E-state index < -0.39 is 11.2 Å². The average molecular weight is 366 g/mol. The van der Waals surface area contributed by atoms with Crippen molar-refractivity contribution in [1.29, 1.82) is 0 Å². The van der Waals surface area contributed by atoms with Gasteiger partial charge in [-0.3, -0.25) is 19.1 Å². The van der Waals surface area contributed by atoms with Gasteiger partial charge >= 0.3 is 11.7 Å². The Morgan fingerprint density at radius 1 is 1.32 bits per heavy atom. The van der Waals surface area contributed by atoms with Gasteiger partial charge in [-0.25, -0.2) is 4.79 Å². The van der Waals surface area contributed by atoms with Crippen LogP contribution in [-0.2, 0) is 16.1 Å². The van der Waals surface area contributed by atoms with Crippen molar-refractivity contribution in [2.75, 3.05) is 11.9 Å². The Morgan fingerprint density at radius 2 is 2.08 bits per heavy atom. The number of esters is 1. The Bertz CT molecular complexity index is 842. The van der Waals surface area contributed by atoms with Crippen molar-refractivity contribution in [3.05, 3.63) is 55.7 Å². The summed E-state index contributed by atoms with van der Waals surface area (Å²) in [5.74, 6) is -0.0712. The topological polar surface area (TPSA) is 93.2 Å². The fourth-order valence-corrected chi connectivity index (χ4v) is 2.42. The van der Waals surface area contributed by atoms with Crippen LogP contribution in [0.4, 0.5) is 11.5 Å². The molecule has 0 spiro atoms. The molecule has 1 aromatic heterocycles. The van der Waals surface area contributed by atoms with Crippen LogP contribution < -0.4 is 16.6 Å². The number of aryl methyl sites for hydroxylation is 1. The molecule has 0 bridgehead atoms. The molecule has 0 saturated carbocycles. The predicted molar refractivity (Wildman–Crippen MR) is 96.7 cm³/mol. The number of anilines is 2. The van der Waals surface area contributed by atoms with Crippen molar-refractivity contribution < 1.29 is 9.53 Å². The molecular formula is C17H20ClN3O4.